The summed E-state index contributed by atoms with van der Waals surface area (Å²) in [5.41, 5.74) is 8.95. The summed E-state index contributed by atoms with van der Waals surface area (Å²) in [6.45, 7) is 5.78. The van der Waals surface area contributed by atoms with E-state index in [0.29, 0.717) is 49.6 Å². The summed E-state index contributed by atoms with van der Waals surface area (Å²) < 4.78 is 36.1. The summed E-state index contributed by atoms with van der Waals surface area (Å²) in [5.74, 6) is 1.19. The molecule has 0 aliphatic heterocycles. The lowest BCUT2D eigenvalue weighted by Crippen LogP contribution is -2.25. The Labute approximate surface area is 193 Å². The summed E-state index contributed by atoms with van der Waals surface area (Å²) in [4.78, 5) is 13.4. The predicted molar refractivity (Wildman–Crippen MR) is 128 cm³/mol. The number of aryl methyl sites for hydroxylation is 2. The molecule has 3 aromatic heterocycles. The molecule has 33 heavy (non-hydrogen) atoms. The van der Waals surface area contributed by atoms with Crippen molar-refractivity contribution in [1.29, 1.82) is 0 Å². The lowest BCUT2D eigenvalue weighted by atomic mass is 10.2. The molecule has 3 heterocycles. The molecule has 1 aromatic carbocycles. The first-order chi connectivity index (χ1) is 15.9. The molecule has 0 atom stereocenters. The maximum Gasteiger partial charge on any atom is 0.242 e. The zero-order valence-electron chi connectivity index (χ0n) is 18.8. The summed E-state index contributed by atoms with van der Waals surface area (Å²) >= 11 is 0. The first-order valence-electron chi connectivity index (χ1n) is 10.9. The molecule has 174 valence electrons. The average Bonchev–Trinajstić information content (AvgIpc) is 3.14. The van der Waals surface area contributed by atoms with Gasteiger partial charge in [-0.25, -0.2) is 23.1 Å². The third-order valence-electron chi connectivity index (χ3n) is 5.39. The number of anilines is 1. The number of pyridine rings is 2. The molecule has 4 rings (SSSR count). The SMILES string of the molecule is CCOCc1nc2c(N)nc(C)cc2n1CCCCNS(=O)(=O)c1cccc2cccnc12. The van der Waals surface area contributed by atoms with Crippen LogP contribution in [0.5, 0.6) is 0 Å². The fourth-order valence-electron chi connectivity index (χ4n) is 3.85. The highest BCUT2D eigenvalue weighted by Crippen LogP contribution is 2.23. The number of aromatic nitrogens is 4. The van der Waals surface area contributed by atoms with Crippen molar-refractivity contribution in [2.24, 2.45) is 0 Å². The zero-order valence-corrected chi connectivity index (χ0v) is 19.6. The van der Waals surface area contributed by atoms with E-state index in [9.17, 15) is 8.42 Å². The highest BCUT2D eigenvalue weighted by molar-refractivity contribution is 7.89. The van der Waals surface area contributed by atoms with Crippen LogP contribution >= 0.6 is 0 Å². The van der Waals surface area contributed by atoms with Crippen LogP contribution in [0.3, 0.4) is 0 Å². The fraction of sp³-hybridized carbons (Fsp3) is 0.348. The molecule has 0 spiro atoms. The van der Waals surface area contributed by atoms with Gasteiger partial charge in [0.15, 0.2) is 5.82 Å². The molecule has 0 saturated heterocycles. The van der Waals surface area contributed by atoms with E-state index in [1.165, 1.54) is 0 Å². The molecule has 0 fully saturated rings. The number of benzene rings is 1. The van der Waals surface area contributed by atoms with E-state index in [4.69, 9.17) is 10.5 Å². The molecule has 3 N–H and O–H groups in total. The lowest BCUT2D eigenvalue weighted by molar-refractivity contribution is 0.126. The Morgan fingerprint density at radius 3 is 2.76 bits per heavy atom. The van der Waals surface area contributed by atoms with Crippen LogP contribution in [0.25, 0.3) is 21.9 Å². The highest BCUT2D eigenvalue weighted by Gasteiger charge is 2.18. The Kier molecular flexibility index (Phi) is 6.87. The minimum atomic E-state index is -3.66. The van der Waals surface area contributed by atoms with Crippen LogP contribution in [0, 0.1) is 6.92 Å². The van der Waals surface area contributed by atoms with Crippen molar-refractivity contribution in [3.05, 3.63) is 54.1 Å². The van der Waals surface area contributed by atoms with Gasteiger partial charge < -0.3 is 15.0 Å². The third-order valence-corrected chi connectivity index (χ3v) is 6.88. The van der Waals surface area contributed by atoms with Crippen molar-refractivity contribution >= 4 is 37.8 Å². The predicted octanol–water partition coefficient (Wildman–Crippen LogP) is 3.17. The van der Waals surface area contributed by atoms with Crippen molar-refractivity contribution in [3.63, 3.8) is 0 Å². The van der Waals surface area contributed by atoms with Gasteiger partial charge in [0, 0.05) is 37.0 Å². The Hall–Kier alpha value is -3.08. The van der Waals surface area contributed by atoms with Crippen LogP contribution in [0.15, 0.2) is 47.5 Å². The number of ether oxygens (including phenoxy) is 1. The number of nitrogens with one attached hydrogen (secondary N) is 1. The first-order valence-corrected chi connectivity index (χ1v) is 12.4. The van der Waals surface area contributed by atoms with Crippen molar-refractivity contribution in [3.8, 4) is 0 Å². The van der Waals surface area contributed by atoms with Crippen molar-refractivity contribution in [1.82, 2.24) is 24.2 Å². The summed E-state index contributed by atoms with van der Waals surface area (Å²) in [7, 11) is -3.66. The summed E-state index contributed by atoms with van der Waals surface area (Å²) in [5, 5.41) is 0.790. The number of nitrogens with zero attached hydrogens (tertiary/aromatic N) is 4. The van der Waals surface area contributed by atoms with Gasteiger partial charge in [0.05, 0.1) is 11.0 Å². The Morgan fingerprint density at radius 1 is 1.12 bits per heavy atom. The van der Waals surface area contributed by atoms with Gasteiger partial charge in [-0.05, 0) is 44.9 Å². The fourth-order valence-corrected chi connectivity index (χ4v) is 5.10. The van der Waals surface area contributed by atoms with Gasteiger partial charge in [-0.1, -0.05) is 18.2 Å². The van der Waals surface area contributed by atoms with Gasteiger partial charge in [-0.15, -0.1) is 0 Å². The van der Waals surface area contributed by atoms with E-state index in [1.807, 2.05) is 32.0 Å². The third kappa shape index (κ3) is 4.97. The number of hydrogen-bond acceptors (Lipinski definition) is 7. The monoisotopic (exact) mass is 468 g/mol. The maximum atomic E-state index is 12.9. The second-order valence-corrected chi connectivity index (χ2v) is 9.50. The van der Waals surface area contributed by atoms with Gasteiger partial charge in [-0.3, -0.25) is 4.98 Å². The lowest BCUT2D eigenvalue weighted by Gasteiger charge is -2.11. The van der Waals surface area contributed by atoms with Crippen molar-refractivity contribution in [2.75, 3.05) is 18.9 Å². The van der Waals surface area contributed by atoms with Crippen LogP contribution in [-0.4, -0.2) is 41.1 Å². The van der Waals surface area contributed by atoms with E-state index in [-0.39, 0.29) is 4.90 Å². The standard InChI is InChI=1S/C23H28N6O3S/c1-3-32-15-20-28-22-18(14-16(2)27-23(22)24)29(20)13-5-4-12-26-33(30,31)19-10-6-8-17-9-7-11-25-21(17)19/h6-11,14,26H,3-5,12-13,15H2,1-2H3,(H2,24,27). The molecule has 0 unspecified atom stereocenters. The molecule has 0 bridgehead atoms. The Morgan fingerprint density at radius 2 is 1.94 bits per heavy atom. The first kappa shape index (κ1) is 23.1. The zero-order chi connectivity index (χ0) is 23.4. The Balaban J connectivity index is 1.43. The molecular weight excluding hydrogens is 440 g/mol. The van der Waals surface area contributed by atoms with Crippen LogP contribution in [0.1, 0.15) is 31.3 Å². The number of imidazole rings is 1. The maximum absolute atomic E-state index is 12.9. The second-order valence-electron chi connectivity index (χ2n) is 7.77. The normalized spacial score (nSPS) is 12.1. The number of para-hydroxylation sites is 1. The van der Waals surface area contributed by atoms with Gasteiger partial charge in [0.25, 0.3) is 0 Å². The van der Waals surface area contributed by atoms with Crippen LogP contribution in [0.4, 0.5) is 5.82 Å². The van der Waals surface area contributed by atoms with Gasteiger partial charge in [0.2, 0.25) is 10.0 Å². The number of nitrogens with two attached hydrogens (primary N) is 1. The van der Waals surface area contributed by atoms with Gasteiger partial charge in [0.1, 0.15) is 22.8 Å². The van der Waals surface area contributed by atoms with Gasteiger partial charge in [-0.2, -0.15) is 0 Å². The number of nitrogen functional groups attached to an aromatic ring is 1. The molecule has 10 heteroatoms. The highest BCUT2D eigenvalue weighted by atomic mass is 32.2. The molecule has 0 aliphatic rings. The smallest absolute Gasteiger partial charge is 0.242 e. The van der Waals surface area contributed by atoms with E-state index >= 15 is 0 Å². The number of hydrogen-bond donors (Lipinski definition) is 2. The van der Waals surface area contributed by atoms with Crippen LogP contribution < -0.4 is 10.5 Å². The largest absolute Gasteiger partial charge is 0.382 e. The number of rotatable bonds is 10. The average molecular weight is 469 g/mol. The minimum Gasteiger partial charge on any atom is -0.382 e. The molecule has 0 radical (unpaired) electrons. The molecule has 0 saturated carbocycles. The van der Waals surface area contributed by atoms with Crippen LogP contribution in [-0.2, 0) is 27.9 Å². The summed E-state index contributed by atoms with van der Waals surface area (Å²) in [6.07, 6.45) is 3.01. The molecule has 0 aliphatic carbocycles. The molecular formula is C23H28N6O3S. The minimum absolute atomic E-state index is 0.193. The summed E-state index contributed by atoms with van der Waals surface area (Å²) in [6, 6.07) is 10.8. The van der Waals surface area contributed by atoms with Gasteiger partial charge >= 0.3 is 0 Å². The molecule has 4 aromatic rings. The molecule has 9 nitrogen and oxygen atoms in total. The number of unbranched alkanes of at least 4 members (excludes halogenated alkanes) is 1. The molecule has 0 amide bonds. The number of fused-ring (bicyclic) bond motifs is 2. The quantitative estimate of drug-likeness (QED) is 0.342. The Bertz CT molecular complexity index is 1380. The number of sulfonamides is 1. The van der Waals surface area contributed by atoms with Crippen LogP contribution in [0.2, 0.25) is 0 Å². The van der Waals surface area contributed by atoms with E-state index < -0.39 is 10.0 Å². The van der Waals surface area contributed by atoms with Crippen molar-refractivity contribution < 1.29 is 13.2 Å². The topological polar surface area (TPSA) is 125 Å². The van der Waals surface area contributed by atoms with E-state index in [2.05, 4.69) is 24.2 Å². The second kappa shape index (κ2) is 9.82. The van der Waals surface area contributed by atoms with Crippen molar-refractivity contribution in [2.45, 2.75) is 44.7 Å². The van der Waals surface area contributed by atoms with E-state index in [0.717, 1.165) is 28.8 Å². The van der Waals surface area contributed by atoms with E-state index in [1.54, 1.807) is 24.4 Å².